The molecule has 0 aliphatic rings. The van der Waals surface area contributed by atoms with E-state index in [-0.39, 0.29) is 5.91 Å². The lowest BCUT2D eigenvalue weighted by atomic mass is 10.1. The van der Waals surface area contributed by atoms with Crippen LogP contribution in [0.2, 0.25) is 0 Å². The molecule has 0 saturated heterocycles. The Labute approximate surface area is 152 Å². The Morgan fingerprint density at radius 2 is 1.88 bits per heavy atom. The summed E-state index contributed by atoms with van der Waals surface area (Å²) in [6, 6.07) is 13.3. The number of aromatic nitrogens is 3. The first kappa shape index (κ1) is 17.5. The van der Waals surface area contributed by atoms with E-state index in [9.17, 15) is 4.79 Å². The molecule has 6 heteroatoms. The Bertz CT molecular complexity index is 878. The average Bonchev–Trinajstić information content (AvgIpc) is 2.67. The zero-order chi connectivity index (χ0) is 18.4. The van der Waals surface area contributed by atoms with Crippen molar-refractivity contribution in [1.29, 1.82) is 0 Å². The van der Waals surface area contributed by atoms with E-state index < -0.39 is 0 Å². The Morgan fingerprint density at radius 3 is 2.58 bits per heavy atom. The number of anilines is 2. The van der Waals surface area contributed by atoms with E-state index in [2.05, 4.69) is 32.5 Å². The Kier molecular flexibility index (Phi) is 5.53. The highest BCUT2D eigenvalue weighted by Gasteiger charge is 2.11. The van der Waals surface area contributed by atoms with Gasteiger partial charge in [0.2, 0.25) is 0 Å². The van der Waals surface area contributed by atoms with Crippen LogP contribution in [-0.4, -0.2) is 20.9 Å². The van der Waals surface area contributed by atoms with E-state index in [0.717, 1.165) is 17.7 Å². The minimum Gasteiger partial charge on any atom is -0.366 e. The van der Waals surface area contributed by atoms with Crippen molar-refractivity contribution in [3.8, 4) is 0 Å². The Morgan fingerprint density at radius 1 is 1.08 bits per heavy atom. The molecule has 6 nitrogen and oxygen atoms in total. The van der Waals surface area contributed by atoms with Gasteiger partial charge in [0, 0.05) is 30.7 Å². The molecule has 2 aromatic heterocycles. The third kappa shape index (κ3) is 4.63. The van der Waals surface area contributed by atoms with Crippen LogP contribution in [0.4, 0.5) is 11.5 Å². The van der Waals surface area contributed by atoms with Gasteiger partial charge in [0.25, 0.3) is 5.91 Å². The van der Waals surface area contributed by atoms with Crippen LogP contribution in [-0.2, 0) is 13.0 Å². The summed E-state index contributed by atoms with van der Waals surface area (Å²) < 4.78 is 0. The van der Waals surface area contributed by atoms with Crippen molar-refractivity contribution >= 4 is 17.4 Å². The average molecular weight is 347 g/mol. The van der Waals surface area contributed by atoms with Crippen molar-refractivity contribution in [2.45, 2.75) is 26.8 Å². The fourth-order valence-electron chi connectivity index (χ4n) is 2.49. The zero-order valence-corrected chi connectivity index (χ0v) is 14.9. The maximum Gasteiger partial charge on any atom is 0.274 e. The van der Waals surface area contributed by atoms with Crippen molar-refractivity contribution in [2.24, 2.45) is 0 Å². The van der Waals surface area contributed by atoms with E-state index in [1.807, 2.05) is 36.4 Å². The van der Waals surface area contributed by atoms with Crippen LogP contribution in [0, 0.1) is 6.92 Å². The summed E-state index contributed by atoms with van der Waals surface area (Å²) in [5.41, 5.74) is 3.33. The van der Waals surface area contributed by atoms with E-state index in [1.54, 1.807) is 25.4 Å². The van der Waals surface area contributed by atoms with Crippen LogP contribution in [0.15, 0.2) is 54.9 Å². The van der Waals surface area contributed by atoms with Gasteiger partial charge in [-0.3, -0.25) is 9.78 Å². The van der Waals surface area contributed by atoms with Crippen LogP contribution in [0.3, 0.4) is 0 Å². The number of nitrogens with one attached hydrogen (secondary N) is 2. The summed E-state index contributed by atoms with van der Waals surface area (Å²) in [4.78, 5) is 25.2. The summed E-state index contributed by atoms with van der Waals surface area (Å²) >= 11 is 0. The van der Waals surface area contributed by atoms with Gasteiger partial charge in [-0.2, -0.15) is 0 Å². The minimum atomic E-state index is -0.260. The molecule has 1 amide bonds. The number of rotatable bonds is 6. The third-order valence-corrected chi connectivity index (χ3v) is 3.89. The van der Waals surface area contributed by atoms with Crippen molar-refractivity contribution in [3.05, 3.63) is 77.5 Å². The van der Waals surface area contributed by atoms with Gasteiger partial charge in [0.15, 0.2) is 0 Å². The van der Waals surface area contributed by atoms with Gasteiger partial charge in [-0.05, 0) is 42.7 Å². The predicted octanol–water partition coefficient (Wildman–Crippen LogP) is 3.61. The SMILES string of the molecule is CCc1ccc(NC(=O)c2cc(NCc3cccnc3)nc(C)n2)cc1. The number of pyridine rings is 1. The van der Waals surface area contributed by atoms with Crippen LogP contribution < -0.4 is 10.6 Å². The zero-order valence-electron chi connectivity index (χ0n) is 14.9. The number of hydrogen-bond acceptors (Lipinski definition) is 5. The number of hydrogen-bond donors (Lipinski definition) is 2. The Balaban J connectivity index is 1.70. The molecule has 3 rings (SSSR count). The highest BCUT2D eigenvalue weighted by Crippen LogP contribution is 2.13. The molecule has 0 atom stereocenters. The van der Waals surface area contributed by atoms with Gasteiger partial charge in [0.05, 0.1) is 0 Å². The molecule has 2 N–H and O–H groups in total. The summed E-state index contributed by atoms with van der Waals surface area (Å²) in [6.07, 6.45) is 4.48. The highest BCUT2D eigenvalue weighted by molar-refractivity contribution is 6.03. The lowest BCUT2D eigenvalue weighted by Crippen LogP contribution is -2.16. The molecule has 0 aliphatic heterocycles. The first-order valence-electron chi connectivity index (χ1n) is 8.53. The predicted molar refractivity (Wildman–Crippen MR) is 102 cm³/mol. The second-order valence-corrected chi connectivity index (χ2v) is 5.91. The first-order chi connectivity index (χ1) is 12.6. The van der Waals surface area contributed by atoms with Gasteiger partial charge >= 0.3 is 0 Å². The number of nitrogens with zero attached hydrogens (tertiary/aromatic N) is 3. The molecular formula is C20H21N5O. The van der Waals surface area contributed by atoms with Crippen molar-refractivity contribution < 1.29 is 4.79 Å². The fraction of sp³-hybridized carbons (Fsp3) is 0.200. The molecule has 132 valence electrons. The third-order valence-electron chi connectivity index (χ3n) is 3.89. The topological polar surface area (TPSA) is 79.8 Å². The number of carbonyl (C=O) groups is 1. The van der Waals surface area contributed by atoms with E-state index >= 15 is 0 Å². The van der Waals surface area contributed by atoms with Gasteiger partial charge in [-0.25, -0.2) is 9.97 Å². The van der Waals surface area contributed by atoms with E-state index in [0.29, 0.717) is 23.9 Å². The van der Waals surface area contributed by atoms with Crippen LogP contribution in [0.25, 0.3) is 0 Å². The molecule has 3 aromatic rings. The van der Waals surface area contributed by atoms with Crippen LogP contribution >= 0.6 is 0 Å². The lowest BCUT2D eigenvalue weighted by Gasteiger charge is -2.09. The highest BCUT2D eigenvalue weighted by atomic mass is 16.1. The summed E-state index contributed by atoms with van der Waals surface area (Å²) in [5, 5.41) is 6.08. The second-order valence-electron chi connectivity index (χ2n) is 5.91. The van der Waals surface area contributed by atoms with Crippen molar-refractivity contribution in [3.63, 3.8) is 0 Å². The van der Waals surface area contributed by atoms with Crippen molar-refractivity contribution in [2.75, 3.05) is 10.6 Å². The molecule has 0 radical (unpaired) electrons. The van der Waals surface area contributed by atoms with Crippen LogP contribution in [0.1, 0.15) is 34.4 Å². The number of benzene rings is 1. The first-order valence-corrected chi connectivity index (χ1v) is 8.53. The second kappa shape index (κ2) is 8.20. The largest absolute Gasteiger partial charge is 0.366 e. The van der Waals surface area contributed by atoms with Crippen molar-refractivity contribution in [1.82, 2.24) is 15.0 Å². The molecule has 0 spiro atoms. The molecule has 0 fully saturated rings. The van der Waals surface area contributed by atoms with Crippen LogP contribution in [0.5, 0.6) is 0 Å². The summed E-state index contributed by atoms with van der Waals surface area (Å²) in [5.74, 6) is 0.879. The van der Waals surface area contributed by atoms with Gasteiger partial charge in [-0.15, -0.1) is 0 Å². The van der Waals surface area contributed by atoms with E-state index in [1.165, 1.54) is 5.56 Å². The molecule has 0 unspecified atom stereocenters. The molecule has 0 bridgehead atoms. The maximum atomic E-state index is 12.5. The molecular weight excluding hydrogens is 326 g/mol. The molecule has 0 saturated carbocycles. The van der Waals surface area contributed by atoms with Gasteiger partial charge < -0.3 is 10.6 Å². The van der Waals surface area contributed by atoms with Gasteiger partial charge in [-0.1, -0.05) is 25.1 Å². The smallest absolute Gasteiger partial charge is 0.274 e. The molecule has 26 heavy (non-hydrogen) atoms. The molecule has 0 aliphatic carbocycles. The number of aryl methyl sites for hydroxylation is 2. The quantitative estimate of drug-likeness (QED) is 0.712. The van der Waals surface area contributed by atoms with E-state index in [4.69, 9.17) is 0 Å². The summed E-state index contributed by atoms with van der Waals surface area (Å²) in [7, 11) is 0. The lowest BCUT2D eigenvalue weighted by molar-refractivity contribution is 0.102. The molecule has 1 aromatic carbocycles. The summed E-state index contributed by atoms with van der Waals surface area (Å²) in [6.45, 7) is 4.43. The standard InChI is InChI=1S/C20H21N5O/c1-3-15-6-8-17(9-7-15)25-20(26)18-11-19(24-14(2)23-18)22-13-16-5-4-10-21-12-16/h4-12H,3,13H2,1-2H3,(H,25,26)(H,22,23,24). The normalized spacial score (nSPS) is 10.4. The maximum absolute atomic E-state index is 12.5. The molecule has 2 heterocycles. The minimum absolute atomic E-state index is 0.260. The van der Waals surface area contributed by atoms with Gasteiger partial charge in [0.1, 0.15) is 17.3 Å². The number of carbonyl (C=O) groups excluding carboxylic acids is 1. The fourth-order valence-corrected chi connectivity index (χ4v) is 2.49. The monoisotopic (exact) mass is 347 g/mol. The number of amides is 1. The Hall–Kier alpha value is -3.28.